The second-order valence-corrected chi connectivity index (χ2v) is 8.65. The van der Waals surface area contributed by atoms with Crippen molar-refractivity contribution < 1.29 is 14.6 Å². The molecule has 0 saturated heterocycles. The molecule has 2 rings (SSSR count). The minimum atomic E-state index is -0.479. The summed E-state index contributed by atoms with van der Waals surface area (Å²) in [4.78, 5) is 12.0. The number of esters is 1. The van der Waals surface area contributed by atoms with Crippen LogP contribution in [0, 0.1) is 27.7 Å². The second-order valence-electron chi connectivity index (χ2n) is 7.05. The van der Waals surface area contributed by atoms with E-state index in [9.17, 15) is 9.90 Å². The molecule has 3 nitrogen and oxygen atoms in total. The minimum absolute atomic E-state index is 0.0968. The fourth-order valence-electron chi connectivity index (χ4n) is 3.52. The van der Waals surface area contributed by atoms with Crippen LogP contribution in [0.2, 0.25) is 0 Å². The highest BCUT2D eigenvalue weighted by atomic mass is 127. The van der Waals surface area contributed by atoms with Gasteiger partial charge in [-0.2, -0.15) is 0 Å². The van der Waals surface area contributed by atoms with Gasteiger partial charge in [-0.25, -0.2) is 4.79 Å². The molecule has 0 aliphatic heterocycles. The van der Waals surface area contributed by atoms with Gasteiger partial charge in [-0.1, -0.05) is 71.5 Å². The standard InChI is InChI=1S/C23H27IO3/c1-7-19(24)21(17-11-13(3)9-15(5)22(17)26)18-12-14(4)10-16(6)23(18)27-20(25)8-2/h8-12,19,21,26H,2,7H2,1,3-6H3. The zero-order chi connectivity index (χ0) is 20.3. The van der Waals surface area contributed by atoms with Crippen molar-refractivity contribution in [1.82, 2.24) is 0 Å². The van der Waals surface area contributed by atoms with Crippen molar-refractivity contribution in [3.63, 3.8) is 0 Å². The van der Waals surface area contributed by atoms with Crippen molar-refractivity contribution in [1.29, 1.82) is 0 Å². The predicted molar refractivity (Wildman–Crippen MR) is 119 cm³/mol. The summed E-state index contributed by atoms with van der Waals surface area (Å²) in [6.07, 6.45) is 2.09. The van der Waals surface area contributed by atoms with Crippen LogP contribution >= 0.6 is 22.6 Å². The van der Waals surface area contributed by atoms with Crippen LogP contribution in [0.5, 0.6) is 11.5 Å². The van der Waals surface area contributed by atoms with E-state index in [0.717, 1.165) is 39.8 Å². The lowest BCUT2D eigenvalue weighted by Crippen LogP contribution is -2.17. The Hall–Kier alpha value is -1.82. The first kappa shape index (κ1) is 21.5. The molecular weight excluding hydrogens is 451 g/mol. The van der Waals surface area contributed by atoms with Gasteiger partial charge in [0, 0.05) is 27.0 Å². The largest absolute Gasteiger partial charge is 0.507 e. The van der Waals surface area contributed by atoms with E-state index in [4.69, 9.17) is 4.74 Å². The smallest absolute Gasteiger partial charge is 0.335 e. The number of carbonyl (C=O) groups is 1. The molecule has 0 bridgehead atoms. The summed E-state index contributed by atoms with van der Waals surface area (Å²) in [7, 11) is 0. The molecule has 0 spiro atoms. The van der Waals surface area contributed by atoms with Gasteiger partial charge in [0.2, 0.25) is 0 Å². The molecule has 0 heterocycles. The molecule has 0 aliphatic rings. The van der Waals surface area contributed by atoms with Crippen LogP contribution in [0.1, 0.15) is 52.6 Å². The third kappa shape index (κ3) is 4.72. The molecule has 2 atom stereocenters. The van der Waals surface area contributed by atoms with Crippen LogP contribution in [-0.4, -0.2) is 15.0 Å². The van der Waals surface area contributed by atoms with Crippen LogP contribution in [0.4, 0.5) is 0 Å². The van der Waals surface area contributed by atoms with Gasteiger partial charge in [0.1, 0.15) is 11.5 Å². The Morgan fingerprint density at radius 3 is 2.22 bits per heavy atom. The van der Waals surface area contributed by atoms with Crippen LogP contribution in [-0.2, 0) is 4.79 Å². The third-order valence-electron chi connectivity index (χ3n) is 4.71. The average Bonchev–Trinajstić information content (AvgIpc) is 2.61. The lowest BCUT2D eigenvalue weighted by molar-refractivity contribution is -0.129. The molecule has 0 aromatic heterocycles. The third-order valence-corrected chi connectivity index (χ3v) is 6.31. The van der Waals surface area contributed by atoms with E-state index < -0.39 is 5.97 Å². The lowest BCUT2D eigenvalue weighted by atomic mass is 9.83. The predicted octanol–water partition coefficient (Wildman–Crippen LogP) is 6.06. The number of phenolic OH excluding ortho intramolecular Hbond substituents is 1. The Morgan fingerprint density at radius 1 is 1.11 bits per heavy atom. The van der Waals surface area contributed by atoms with Gasteiger partial charge >= 0.3 is 5.97 Å². The van der Waals surface area contributed by atoms with Gasteiger partial charge in [-0.05, 0) is 45.2 Å². The SMILES string of the molecule is C=CC(=O)Oc1c(C)cc(C)cc1C(c1cc(C)cc(C)c1O)C(I)CC. The molecule has 0 aliphatic carbocycles. The van der Waals surface area contributed by atoms with Gasteiger partial charge in [-0.15, -0.1) is 0 Å². The second kappa shape index (κ2) is 8.91. The van der Waals surface area contributed by atoms with Crippen molar-refractivity contribution in [2.45, 2.75) is 50.9 Å². The highest BCUT2D eigenvalue weighted by molar-refractivity contribution is 14.1. The number of rotatable bonds is 6. The number of aryl methyl sites for hydroxylation is 4. The van der Waals surface area contributed by atoms with Crippen molar-refractivity contribution in [3.05, 3.63) is 70.3 Å². The lowest BCUT2D eigenvalue weighted by Gasteiger charge is -2.27. The molecule has 0 amide bonds. The monoisotopic (exact) mass is 478 g/mol. The first-order chi connectivity index (χ1) is 12.7. The summed E-state index contributed by atoms with van der Waals surface area (Å²) in [5, 5.41) is 10.8. The number of phenols is 1. The Morgan fingerprint density at radius 2 is 1.67 bits per heavy atom. The number of aromatic hydroxyl groups is 1. The Balaban J connectivity index is 2.79. The van der Waals surface area contributed by atoms with Crippen LogP contribution in [0.3, 0.4) is 0 Å². The summed E-state index contributed by atoms with van der Waals surface area (Å²) in [6, 6.07) is 8.07. The zero-order valence-electron chi connectivity index (χ0n) is 16.6. The Kier molecular flexibility index (Phi) is 7.09. The van der Waals surface area contributed by atoms with Crippen molar-refractivity contribution in [3.8, 4) is 11.5 Å². The minimum Gasteiger partial charge on any atom is -0.507 e. The normalized spacial score (nSPS) is 13.1. The molecule has 0 radical (unpaired) electrons. The fraction of sp³-hybridized carbons (Fsp3) is 0.348. The van der Waals surface area contributed by atoms with Crippen molar-refractivity contribution >= 4 is 28.6 Å². The van der Waals surface area contributed by atoms with E-state index in [1.165, 1.54) is 6.08 Å². The van der Waals surface area contributed by atoms with E-state index >= 15 is 0 Å². The molecule has 1 N–H and O–H groups in total. The summed E-state index contributed by atoms with van der Waals surface area (Å²) < 4.78 is 5.86. The topological polar surface area (TPSA) is 46.5 Å². The molecule has 0 fully saturated rings. The molecule has 27 heavy (non-hydrogen) atoms. The summed E-state index contributed by atoms with van der Waals surface area (Å²) in [6.45, 7) is 13.5. The van der Waals surface area contributed by atoms with E-state index in [1.807, 2.05) is 45.9 Å². The molecule has 2 aromatic carbocycles. The highest BCUT2D eigenvalue weighted by Crippen LogP contribution is 2.44. The van der Waals surface area contributed by atoms with Gasteiger partial charge in [0.25, 0.3) is 0 Å². The van der Waals surface area contributed by atoms with Gasteiger partial charge in [0.05, 0.1) is 0 Å². The van der Waals surface area contributed by atoms with Gasteiger partial charge in [0.15, 0.2) is 0 Å². The summed E-state index contributed by atoms with van der Waals surface area (Å²) >= 11 is 2.43. The fourth-order valence-corrected chi connectivity index (χ4v) is 4.30. The zero-order valence-corrected chi connectivity index (χ0v) is 18.8. The molecular formula is C23H27IO3. The molecule has 2 aromatic rings. The number of alkyl halides is 1. The van der Waals surface area contributed by atoms with Gasteiger partial charge in [-0.3, -0.25) is 0 Å². The first-order valence-electron chi connectivity index (χ1n) is 9.09. The van der Waals surface area contributed by atoms with E-state index in [0.29, 0.717) is 11.5 Å². The number of benzene rings is 2. The maximum atomic E-state index is 12.0. The van der Waals surface area contributed by atoms with Crippen molar-refractivity contribution in [2.75, 3.05) is 0 Å². The van der Waals surface area contributed by atoms with E-state index in [-0.39, 0.29) is 9.84 Å². The number of hydrogen-bond acceptors (Lipinski definition) is 3. The van der Waals surface area contributed by atoms with Gasteiger partial charge < -0.3 is 9.84 Å². The van der Waals surface area contributed by atoms with E-state index in [2.05, 4.69) is 42.2 Å². The molecule has 2 unspecified atom stereocenters. The highest BCUT2D eigenvalue weighted by Gasteiger charge is 2.29. The Labute approximate surface area is 175 Å². The van der Waals surface area contributed by atoms with E-state index in [1.54, 1.807) is 0 Å². The number of halogens is 1. The Bertz CT molecular complexity index is 870. The first-order valence-corrected chi connectivity index (χ1v) is 10.3. The number of carbonyl (C=O) groups excluding carboxylic acids is 1. The van der Waals surface area contributed by atoms with Crippen LogP contribution < -0.4 is 4.74 Å². The number of ether oxygens (including phenoxy) is 1. The molecule has 4 heteroatoms. The van der Waals surface area contributed by atoms with Crippen LogP contribution in [0.15, 0.2) is 36.9 Å². The van der Waals surface area contributed by atoms with Crippen molar-refractivity contribution in [2.24, 2.45) is 0 Å². The quantitative estimate of drug-likeness (QED) is 0.181. The number of hydrogen-bond donors (Lipinski definition) is 1. The van der Waals surface area contributed by atoms with Crippen LogP contribution in [0.25, 0.3) is 0 Å². The summed E-state index contributed by atoms with van der Waals surface area (Å²) in [5.74, 6) is 0.290. The molecule has 0 saturated carbocycles. The molecule has 144 valence electrons. The maximum Gasteiger partial charge on any atom is 0.335 e. The maximum absolute atomic E-state index is 12.0. The summed E-state index contributed by atoms with van der Waals surface area (Å²) in [5.41, 5.74) is 5.73. The average molecular weight is 478 g/mol.